The first-order chi connectivity index (χ1) is 16.5. The standard InChI is InChI=1S/C23H17BrF3N3O5/c1-35-18(31)12-29-20(14-7-5-13(11-28)6-8-14)19(21(32)33)17(10-24)30(22(29)34)16-4-2-3-15(9-16)23(25,26)27/h2-9,20H,10,12H2,1H3,(H,32,33)/t20-/m1/s1. The average Bonchev–Trinajstić information content (AvgIpc) is 2.83. The van der Waals surface area contributed by atoms with Gasteiger partial charge in [0.25, 0.3) is 0 Å². The summed E-state index contributed by atoms with van der Waals surface area (Å²) in [6.07, 6.45) is -4.71. The van der Waals surface area contributed by atoms with E-state index in [1.807, 2.05) is 6.07 Å². The Hall–Kier alpha value is -3.85. The smallest absolute Gasteiger partial charge is 0.416 e. The van der Waals surface area contributed by atoms with Gasteiger partial charge in [-0.05, 0) is 35.9 Å². The number of urea groups is 1. The summed E-state index contributed by atoms with van der Waals surface area (Å²) < 4.78 is 44.7. The molecule has 182 valence electrons. The topological polar surface area (TPSA) is 111 Å². The second-order valence-electron chi connectivity index (χ2n) is 7.31. The molecule has 0 fully saturated rings. The molecule has 0 saturated heterocycles. The Morgan fingerprint density at radius 1 is 1.20 bits per heavy atom. The number of aliphatic carboxylic acids is 1. The number of methoxy groups -OCH3 is 1. The first kappa shape index (κ1) is 25.8. The van der Waals surface area contributed by atoms with Crippen LogP contribution in [-0.4, -0.2) is 47.0 Å². The molecule has 3 rings (SSSR count). The molecular formula is C23H17BrF3N3O5. The van der Waals surface area contributed by atoms with Gasteiger partial charge < -0.3 is 14.7 Å². The first-order valence-electron chi connectivity index (χ1n) is 9.90. The number of rotatable bonds is 6. The number of nitrogens with zero attached hydrogens (tertiary/aromatic N) is 3. The van der Waals surface area contributed by atoms with Crippen LogP contribution in [0.3, 0.4) is 0 Å². The number of ether oxygens (including phenoxy) is 1. The van der Waals surface area contributed by atoms with E-state index in [0.717, 1.165) is 35.1 Å². The summed E-state index contributed by atoms with van der Waals surface area (Å²) in [6.45, 7) is -0.679. The largest absolute Gasteiger partial charge is 0.478 e. The second-order valence-corrected chi connectivity index (χ2v) is 7.87. The Morgan fingerprint density at radius 3 is 2.37 bits per heavy atom. The predicted molar refractivity (Wildman–Crippen MR) is 120 cm³/mol. The number of alkyl halides is 4. The van der Waals surface area contributed by atoms with E-state index in [9.17, 15) is 32.7 Å². The van der Waals surface area contributed by atoms with E-state index in [1.165, 1.54) is 30.3 Å². The van der Waals surface area contributed by atoms with Crippen LogP contribution in [-0.2, 0) is 20.5 Å². The summed E-state index contributed by atoms with van der Waals surface area (Å²) in [7, 11) is 1.08. The van der Waals surface area contributed by atoms with Gasteiger partial charge in [-0.2, -0.15) is 18.4 Å². The minimum atomic E-state index is -4.71. The van der Waals surface area contributed by atoms with Gasteiger partial charge in [0.1, 0.15) is 6.54 Å². The molecule has 8 nitrogen and oxygen atoms in total. The monoisotopic (exact) mass is 551 g/mol. The molecule has 1 aliphatic heterocycles. The van der Waals surface area contributed by atoms with Gasteiger partial charge in [0.15, 0.2) is 0 Å². The highest BCUT2D eigenvalue weighted by atomic mass is 79.9. The van der Waals surface area contributed by atoms with Gasteiger partial charge in [-0.3, -0.25) is 9.69 Å². The van der Waals surface area contributed by atoms with Gasteiger partial charge in [0.05, 0.1) is 47.3 Å². The van der Waals surface area contributed by atoms with E-state index in [-0.39, 0.29) is 33.4 Å². The van der Waals surface area contributed by atoms with Gasteiger partial charge >= 0.3 is 24.1 Å². The number of carbonyl (C=O) groups is 3. The van der Waals surface area contributed by atoms with Crippen LogP contribution in [0.2, 0.25) is 0 Å². The maximum absolute atomic E-state index is 13.6. The molecule has 0 unspecified atom stereocenters. The number of hydrogen-bond donors (Lipinski definition) is 1. The molecule has 1 heterocycles. The number of carboxylic acid groups (broad SMARTS) is 1. The molecule has 1 N–H and O–H groups in total. The Bertz CT molecular complexity index is 1240. The quantitative estimate of drug-likeness (QED) is 0.419. The Morgan fingerprint density at radius 2 is 1.86 bits per heavy atom. The third-order valence-electron chi connectivity index (χ3n) is 5.27. The molecule has 2 aromatic rings. The van der Waals surface area contributed by atoms with E-state index >= 15 is 0 Å². The van der Waals surface area contributed by atoms with Crippen LogP contribution in [0.4, 0.5) is 23.7 Å². The van der Waals surface area contributed by atoms with E-state index in [0.29, 0.717) is 0 Å². The second kappa shape index (κ2) is 10.2. The summed E-state index contributed by atoms with van der Waals surface area (Å²) in [5.41, 5.74) is -1.17. The Kier molecular flexibility index (Phi) is 7.50. The molecule has 0 aromatic heterocycles. The van der Waals surface area contributed by atoms with E-state index in [1.54, 1.807) is 0 Å². The number of amides is 2. The number of esters is 1. The van der Waals surface area contributed by atoms with Gasteiger partial charge in [0.2, 0.25) is 0 Å². The fourth-order valence-corrected chi connectivity index (χ4v) is 4.25. The Labute approximate surface area is 205 Å². The number of nitriles is 1. The molecule has 2 aromatic carbocycles. The lowest BCUT2D eigenvalue weighted by Gasteiger charge is -2.42. The molecule has 35 heavy (non-hydrogen) atoms. The van der Waals surface area contributed by atoms with Crippen molar-refractivity contribution in [1.29, 1.82) is 5.26 Å². The lowest BCUT2D eigenvalue weighted by Crippen LogP contribution is -2.53. The summed E-state index contributed by atoms with van der Waals surface area (Å²) in [5.74, 6) is -2.32. The number of benzene rings is 2. The zero-order chi connectivity index (χ0) is 25.9. The highest BCUT2D eigenvalue weighted by Gasteiger charge is 2.44. The van der Waals surface area contributed by atoms with Crippen molar-refractivity contribution in [2.24, 2.45) is 0 Å². The van der Waals surface area contributed by atoms with Gasteiger partial charge in [0, 0.05) is 5.33 Å². The highest BCUT2D eigenvalue weighted by molar-refractivity contribution is 9.09. The minimum absolute atomic E-state index is 0.114. The fraction of sp³-hybridized carbons (Fsp3) is 0.217. The van der Waals surface area contributed by atoms with Crippen molar-refractivity contribution in [3.8, 4) is 6.07 Å². The molecule has 12 heteroatoms. The highest BCUT2D eigenvalue weighted by Crippen LogP contribution is 2.41. The van der Waals surface area contributed by atoms with E-state index in [2.05, 4.69) is 20.7 Å². The molecule has 2 amide bonds. The van der Waals surface area contributed by atoms with Crippen molar-refractivity contribution in [3.05, 3.63) is 76.5 Å². The molecule has 0 saturated carbocycles. The number of carbonyl (C=O) groups excluding carboxylic acids is 2. The van der Waals surface area contributed by atoms with Crippen LogP contribution in [0.15, 0.2) is 59.8 Å². The predicted octanol–water partition coefficient (Wildman–Crippen LogP) is 4.47. The average molecular weight is 552 g/mol. The molecule has 0 aliphatic carbocycles. The first-order valence-corrected chi connectivity index (χ1v) is 11.0. The van der Waals surface area contributed by atoms with Gasteiger partial charge in [-0.25, -0.2) is 9.59 Å². The number of allylic oxidation sites excluding steroid dienone is 1. The van der Waals surface area contributed by atoms with Crippen LogP contribution < -0.4 is 4.90 Å². The van der Waals surface area contributed by atoms with Crippen LogP contribution in [0.5, 0.6) is 0 Å². The van der Waals surface area contributed by atoms with E-state index < -0.39 is 42.3 Å². The Balaban J connectivity index is 2.30. The number of carboxylic acids is 1. The van der Waals surface area contributed by atoms with Crippen LogP contribution >= 0.6 is 15.9 Å². The molecule has 1 aliphatic rings. The molecular weight excluding hydrogens is 535 g/mol. The fourth-order valence-electron chi connectivity index (χ4n) is 3.70. The zero-order valence-corrected chi connectivity index (χ0v) is 19.6. The van der Waals surface area contributed by atoms with Crippen LogP contribution in [0, 0.1) is 11.3 Å². The van der Waals surface area contributed by atoms with Crippen molar-refractivity contribution >= 4 is 39.6 Å². The van der Waals surface area contributed by atoms with Crippen LogP contribution in [0.1, 0.15) is 22.7 Å². The molecule has 0 spiro atoms. The third-order valence-corrected chi connectivity index (χ3v) is 5.81. The van der Waals surface area contributed by atoms with Crippen molar-refractivity contribution < 1.29 is 37.4 Å². The van der Waals surface area contributed by atoms with Gasteiger partial charge in [-0.15, -0.1) is 0 Å². The molecule has 0 radical (unpaired) electrons. The summed E-state index contributed by atoms with van der Waals surface area (Å²) >= 11 is 3.16. The normalized spacial score (nSPS) is 16.2. The zero-order valence-electron chi connectivity index (χ0n) is 18.0. The summed E-state index contributed by atoms with van der Waals surface area (Å²) in [6, 6.07) is 9.29. The summed E-state index contributed by atoms with van der Waals surface area (Å²) in [4.78, 5) is 40.0. The number of hydrogen-bond acceptors (Lipinski definition) is 5. The maximum Gasteiger partial charge on any atom is 0.416 e. The van der Waals surface area contributed by atoms with Crippen molar-refractivity contribution in [3.63, 3.8) is 0 Å². The minimum Gasteiger partial charge on any atom is -0.478 e. The van der Waals surface area contributed by atoms with Crippen molar-refractivity contribution in [2.75, 3.05) is 23.9 Å². The molecule has 0 bridgehead atoms. The third kappa shape index (κ3) is 5.14. The van der Waals surface area contributed by atoms with Gasteiger partial charge in [-0.1, -0.05) is 34.1 Å². The van der Waals surface area contributed by atoms with E-state index in [4.69, 9.17) is 5.26 Å². The number of anilines is 1. The van der Waals surface area contributed by atoms with Crippen molar-refractivity contribution in [1.82, 2.24) is 4.90 Å². The van der Waals surface area contributed by atoms with Crippen molar-refractivity contribution in [2.45, 2.75) is 12.2 Å². The molecule has 1 atom stereocenters. The lowest BCUT2D eigenvalue weighted by molar-refractivity contribution is -0.142. The number of halogens is 4. The summed E-state index contributed by atoms with van der Waals surface area (Å²) in [5, 5.41) is 19.0. The maximum atomic E-state index is 13.6. The SMILES string of the molecule is COC(=O)CN1C(=O)N(c2cccc(C(F)(F)F)c2)C(CBr)=C(C(=O)O)[C@H]1c1ccc(C#N)cc1. The van der Waals surface area contributed by atoms with Crippen LogP contribution in [0.25, 0.3) is 0 Å². The lowest BCUT2D eigenvalue weighted by atomic mass is 9.92.